The van der Waals surface area contributed by atoms with Crippen LogP contribution < -0.4 is 20.7 Å². The van der Waals surface area contributed by atoms with Crippen LogP contribution in [0.15, 0.2) is 36.5 Å². The van der Waals surface area contributed by atoms with E-state index in [0.29, 0.717) is 44.1 Å². The minimum atomic E-state index is -4.81. The number of alkyl halides is 3. The van der Waals surface area contributed by atoms with Gasteiger partial charge in [-0.2, -0.15) is 28.2 Å². The highest BCUT2D eigenvalue weighted by atomic mass is 35.5. The van der Waals surface area contributed by atoms with Crippen molar-refractivity contribution in [2.75, 3.05) is 23.7 Å². The summed E-state index contributed by atoms with van der Waals surface area (Å²) in [6.07, 6.45) is -0.826. The molecule has 1 saturated carbocycles. The summed E-state index contributed by atoms with van der Waals surface area (Å²) in [5, 5.41) is 17.6. The highest BCUT2D eigenvalue weighted by molar-refractivity contribution is 6.30. The average molecular weight is 620 g/mol. The number of nitrogens with two attached hydrogens (primary N) is 1. The maximum atomic E-state index is 14.6. The van der Waals surface area contributed by atoms with Crippen LogP contribution in [0.2, 0.25) is 5.02 Å². The summed E-state index contributed by atoms with van der Waals surface area (Å²) in [4.78, 5) is 21.8. The predicted molar refractivity (Wildman–Crippen MR) is 154 cm³/mol. The molecule has 1 aromatic carbocycles. The Labute approximate surface area is 251 Å². The maximum Gasteiger partial charge on any atom is 0.429 e. The lowest BCUT2D eigenvalue weighted by atomic mass is 9.71. The van der Waals surface area contributed by atoms with Crippen LogP contribution in [0.3, 0.4) is 0 Å². The molecule has 1 aliphatic carbocycles. The fourth-order valence-corrected chi connectivity index (χ4v) is 6.72. The van der Waals surface area contributed by atoms with Crippen LogP contribution in [-0.4, -0.2) is 62.2 Å². The minimum absolute atomic E-state index is 0.0707. The topological polar surface area (TPSA) is 131 Å². The van der Waals surface area contributed by atoms with Crippen LogP contribution in [-0.2, 0) is 4.79 Å². The molecule has 3 atom stereocenters. The lowest BCUT2D eigenvalue weighted by molar-refractivity contribution is -0.198. The second-order valence-electron chi connectivity index (χ2n) is 11.7. The normalized spacial score (nSPS) is 22.6. The first-order valence-electron chi connectivity index (χ1n) is 14.4. The molecule has 3 fully saturated rings. The molecule has 4 heterocycles. The summed E-state index contributed by atoms with van der Waals surface area (Å²) in [7, 11) is 0. The number of ether oxygens (including phenoxy) is 1. The van der Waals surface area contributed by atoms with Gasteiger partial charge < -0.3 is 25.8 Å². The smallest absolute Gasteiger partial charge is 0.429 e. The van der Waals surface area contributed by atoms with Crippen LogP contribution in [0.4, 0.5) is 24.9 Å². The Hall–Kier alpha value is -3.58. The Balaban J connectivity index is 1.25. The van der Waals surface area contributed by atoms with Gasteiger partial charge in [0.1, 0.15) is 11.9 Å². The number of hydrogen-bond donors (Lipinski definition) is 3. The number of aromatic nitrogens is 4. The molecule has 2 aliphatic heterocycles. The third-order valence-corrected chi connectivity index (χ3v) is 9.15. The van der Waals surface area contributed by atoms with Crippen molar-refractivity contribution < 1.29 is 27.8 Å². The molecule has 0 amide bonds. The minimum Gasteiger partial charge on any atom is -0.480 e. The van der Waals surface area contributed by atoms with E-state index < -0.39 is 24.3 Å². The molecule has 6 rings (SSSR count). The van der Waals surface area contributed by atoms with Gasteiger partial charge in [0.05, 0.1) is 11.4 Å². The van der Waals surface area contributed by atoms with E-state index in [4.69, 9.17) is 22.1 Å². The second-order valence-corrected chi connectivity index (χ2v) is 12.1. The number of carboxylic acids is 1. The number of carboxylic acid groups (broad SMARTS) is 1. The van der Waals surface area contributed by atoms with Gasteiger partial charge in [-0.15, -0.1) is 0 Å². The first kappa shape index (κ1) is 29.5. The average Bonchev–Trinajstić information content (AvgIpc) is 3.57. The number of carbonyl (C=O) groups is 1. The monoisotopic (exact) mass is 619 g/mol. The van der Waals surface area contributed by atoms with Crippen molar-refractivity contribution in [3.8, 4) is 11.6 Å². The number of anilines is 2. The van der Waals surface area contributed by atoms with Crippen LogP contribution in [0.25, 0.3) is 5.69 Å². The third-order valence-electron chi connectivity index (χ3n) is 8.91. The van der Waals surface area contributed by atoms with Crippen molar-refractivity contribution in [3.63, 3.8) is 0 Å². The van der Waals surface area contributed by atoms with Gasteiger partial charge in [-0.1, -0.05) is 24.6 Å². The molecule has 0 bridgehead atoms. The van der Waals surface area contributed by atoms with Gasteiger partial charge in [0.15, 0.2) is 0 Å². The van der Waals surface area contributed by atoms with E-state index in [2.05, 4.69) is 20.4 Å². The zero-order valence-electron chi connectivity index (χ0n) is 23.5. The van der Waals surface area contributed by atoms with E-state index in [9.17, 15) is 23.1 Å². The van der Waals surface area contributed by atoms with Crippen molar-refractivity contribution in [3.05, 3.63) is 52.8 Å². The number of nitrogens with one attached hydrogen (secondary N) is 1. The number of halogens is 4. The van der Waals surface area contributed by atoms with E-state index in [-0.39, 0.29) is 39.6 Å². The second kappa shape index (κ2) is 11.2. The van der Waals surface area contributed by atoms with E-state index in [1.54, 1.807) is 12.3 Å². The predicted octanol–water partition coefficient (Wildman–Crippen LogP) is 5.27. The molecule has 0 radical (unpaired) electrons. The Morgan fingerprint density at radius 3 is 2.63 bits per heavy atom. The summed E-state index contributed by atoms with van der Waals surface area (Å²) < 4.78 is 50.8. The lowest BCUT2D eigenvalue weighted by Crippen LogP contribution is -2.46. The van der Waals surface area contributed by atoms with Crippen LogP contribution in [0.5, 0.6) is 5.88 Å². The standard InChI is InChI=1S/C29H33ClF3N7O3/c1-2-22-28(15-20(35-22)26(41)42)8-11-39(12-9-28)23-14-24(37-27(34)36-23)43-25(29(31,32)33)18-6-5-17(30)13-21(18)40-10-7-19(38-40)16-3-4-16/h5-7,10,13-14,16,20,22,25,35H,2-4,8-9,11-12,15H2,1H3,(H,41,42)(H2,34,36,37)/t20?,22?,25-/m1/s1. The molecule has 230 valence electrons. The van der Waals surface area contributed by atoms with Gasteiger partial charge in [0.2, 0.25) is 17.9 Å². The molecule has 3 aliphatic rings. The first-order chi connectivity index (χ1) is 20.5. The van der Waals surface area contributed by atoms with E-state index in [1.807, 2.05) is 11.8 Å². The van der Waals surface area contributed by atoms with Crippen molar-refractivity contribution in [2.45, 2.75) is 75.7 Å². The van der Waals surface area contributed by atoms with E-state index in [0.717, 1.165) is 25.0 Å². The van der Waals surface area contributed by atoms with Gasteiger partial charge in [-0.3, -0.25) is 4.79 Å². The number of nitrogen functional groups attached to an aromatic ring is 1. The molecule has 43 heavy (non-hydrogen) atoms. The number of piperidine rings is 1. The quantitative estimate of drug-likeness (QED) is 0.309. The Morgan fingerprint density at radius 2 is 1.98 bits per heavy atom. The van der Waals surface area contributed by atoms with Crippen LogP contribution in [0, 0.1) is 5.41 Å². The largest absolute Gasteiger partial charge is 0.480 e. The number of rotatable bonds is 8. The summed E-state index contributed by atoms with van der Waals surface area (Å²) in [5.41, 5.74) is 6.59. The number of hydrogen-bond acceptors (Lipinski definition) is 8. The lowest BCUT2D eigenvalue weighted by Gasteiger charge is -2.43. The molecule has 2 unspecified atom stereocenters. The Morgan fingerprint density at radius 1 is 1.23 bits per heavy atom. The van der Waals surface area contributed by atoms with Crippen molar-refractivity contribution in [1.82, 2.24) is 25.1 Å². The zero-order valence-corrected chi connectivity index (χ0v) is 24.3. The summed E-state index contributed by atoms with van der Waals surface area (Å²) in [6.45, 7) is 3.10. The summed E-state index contributed by atoms with van der Waals surface area (Å²) in [6, 6.07) is 6.75. The zero-order chi connectivity index (χ0) is 30.5. The Bertz CT molecular complexity index is 1500. The highest BCUT2D eigenvalue weighted by Crippen LogP contribution is 2.46. The van der Waals surface area contributed by atoms with E-state index in [1.165, 1.54) is 28.9 Å². The third kappa shape index (κ3) is 5.97. The first-order valence-corrected chi connectivity index (χ1v) is 14.8. The number of nitrogens with zero attached hydrogens (tertiary/aromatic N) is 5. The molecular weight excluding hydrogens is 587 g/mol. The SMILES string of the molecule is CCC1NC(C(=O)O)CC12CCN(c1cc(O[C@H](c3ccc(Cl)cc3-n3ccc(C4CC4)n3)C(F)(F)F)nc(N)n1)CC2. The van der Waals surface area contributed by atoms with Crippen molar-refractivity contribution >= 4 is 29.3 Å². The van der Waals surface area contributed by atoms with Crippen molar-refractivity contribution in [2.24, 2.45) is 5.41 Å². The molecule has 4 N–H and O–H groups in total. The van der Waals surface area contributed by atoms with Gasteiger partial charge in [0, 0.05) is 47.9 Å². The maximum absolute atomic E-state index is 14.6. The van der Waals surface area contributed by atoms with Crippen LogP contribution in [0.1, 0.15) is 68.7 Å². The summed E-state index contributed by atoms with van der Waals surface area (Å²) in [5.74, 6) is -0.718. The van der Waals surface area contributed by atoms with Gasteiger partial charge in [-0.25, -0.2) is 4.68 Å². The van der Waals surface area contributed by atoms with Gasteiger partial charge >= 0.3 is 12.1 Å². The molecular formula is C29H33ClF3N7O3. The van der Waals surface area contributed by atoms with Crippen LogP contribution >= 0.6 is 11.6 Å². The fraction of sp³-hybridized carbons (Fsp3) is 0.517. The van der Waals surface area contributed by atoms with Gasteiger partial charge in [0.25, 0.3) is 0 Å². The molecule has 14 heteroatoms. The fourth-order valence-electron chi connectivity index (χ4n) is 6.56. The molecule has 10 nitrogen and oxygen atoms in total. The molecule has 2 saturated heterocycles. The summed E-state index contributed by atoms with van der Waals surface area (Å²) >= 11 is 6.20. The molecule has 1 spiro atoms. The van der Waals surface area contributed by atoms with E-state index >= 15 is 0 Å². The van der Waals surface area contributed by atoms with Crippen molar-refractivity contribution in [1.29, 1.82) is 0 Å². The number of aliphatic carboxylic acids is 1. The number of benzene rings is 1. The molecule has 2 aromatic heterocycles. The Kier molecular flexibility index (Phi) is 7.66. The molecule has 3 aromatic rings. The van der Waals surface area contributed by atoms with Gasteiger partial charge in [-0.05, 0) is 62.1 Å². The highest BCUT2D eigenvalue weighted by Gasteiger charge is 2.50.